The molecule has 0 aliphatic carbocycles. The van der Waals surface area contributed by atoms with Gasteiger partial charge in [0.15, 0.2) is 0 Å². The zero-order valence-electron chi connectivity index (χ0n) is 10.8. The number of benzene rings is 2. The number of nitrogens with zero attached hydrogens (tertiary/aromatic N) is 1. The Hall–Kier alpha value is -1.71. The van der Waals surface area contributed by atoms with Crippen molar-refractivity contribution < 1.29 is 5.11 Å². The molecule has 0 saturated carbocycles. The molecule has 0 heterocycles. The minimum Gasteiger partial charge on any atom is -0.506 e. The summed E-state index contributed by atoms with van der Waals surface area (Å²) in [6, 6.07) is 13.1. The summed E-state index contributed by atoms with van der Waals surface area (Å²) in [7, 11) is 2.02. The van der Waals surface area contributed by atoms with E-state index in [1.807, 2.05) is 37.4 Å². The Morgan fingerprint density at radius 1 is 1.16 bits per heavy atom. The Balaban J connectivity index is 2.03. The van der Waals surface area contributed by atoms with Crippen molar-refractivity contribution in [3.8, 4) is 5.75 Å². The molecule has 0 fully saturated rings. The lowest BCUT2D eigenvalue weighted by atomic mass is 10.1. The SMILES string of the molecule is CN(Cc1ccc(O)c(N)c1)Cc1ccccc1Cl. The van der Waals surface area contributed by atoms with Crippen molar-refractivity contribution in [1.82, 2.24) is 4.90 Å². The molecule has 0 aromatic heterocycles. The number of phenolic OH excluding ortho intramolecular Hbond substituents is 1. The molecule has 2 aromatic rings. The number of phenols is 1. The molecule has 0 radical (unpaired) electrons. The first kappa shape index (κ1) is 13.7. The standard InChI is InChI=1S/C15H17ClN2O/c1-18(10-12-4-2-3-5-13(12)16)9-11-6-7-15(19)14(17)8-11/h2-8,19H,9-10,17H2,1H3. The summed E-state index contributed by atoms with van der Waals surface area (Å²) in [6.07, 6.45) is 0. The summed E-state index contributed by atoms with van der Waals surface area (Å²) in [4.78, 5) is 2.15. The molecule has 4 heteroatoms. The van der Waals surface area contributed by atoms with Crippen LogP contribution in [0.4, 0.5) is 5.69 Å². The highest BCUT2D eigenvalue weighted by molar-refractivity contribution is 6.31. The van der Waals surface area contributed by atoms with Crippen molar-refractivity contribution in [2.24, 2.45) is 0 Å². The fourth-order valence-electron chi connectivity index (χ4n) is 1.99. The van der Waals surface area contributed by atoms with E-state index < -0.39 is 0 Å². The van der Waals surface area contributed by atoms with Gasteiger partial charge in [-0.15, -0.1) is 0 Å². The fraction of sp³-hybridized carbons (Fsp3) is 0.200. The summed E-state index contributed by atoms with van der Waals surface area (Å²) in [5.41, 5.74) is 8.25. The van der Waals surface area contributed by atoms with Crippen molar-refractivity contribution in [2.45, 2.75) is 13.1 Å². The second kappa shape index (κ2) is 5.95. The van der Waals surface area contributed by atoms with Gasteiger partial charge in [-0.1, -0.05) is 35.9 Å². The summed E-state index contributed by atoms with van der Waals surface area (Å²) in [5.74, 6) is 0.123. The van der Waals surface area contributed by atoms with E-state index in [0.717, 1.165) is 29.2 Å². The first-order valence-corrected chi connectivity index (χ1v) is 6.43. The third kappa shape index (κ3) is 3.63. The van der Waals surface area contributed by atoms with E-state index in [1.54, 1.807) is 12.1 Å². The van der Waals surface area contributed by atoms with Crippen LogP contribution in [0.1, 0.15) is 11.1 Å². The molecule has 0 amide bonds. The molecular weight excluding hydrogens is 260 g/mol. The predicted octanol–water partition coefficient (Wildman–Crippen LogP) is 3.26. The number of halogens is 1. The molecule has 0 aliphatic heterocycles. The van der Waals surface area contributed by atoms with E-state index >= 15 is 0 Å². The number of aromatic hydroxyl groups is 1. The molecule has 0 saturated heterocycles. The smallest absolute Gasteiger partial charge is 0.138 e. The highest BCUT2D eigenvalue weighted by Crippen LogP contribution is 2.22. The lowest BCUT2D eigenvalue weighted by Gasteiger charge is -2.18. The molecule has 2 aromatic carbocycles. The van der Waals surface area contributed by atoms with Crippen LogP contribution in [0.25, 0.3) is 0 Å². The van der Waals surface area contributed by atoms with E-state index in [9.17, 15) is 5.11 Å². The summed E-state index contributed by atoms with van der Waals surface area (Å²) < 4.78 is 0. The van der Waals surface area contributed by atoms with Gasteiger partial charge in [0.05, 0.1) is 5.69 Å². The van der Waals surface area contributed by atoms with Gasteiger partial charge in [-0.3, -0.25) is 4.90 Å². The molecule has 0 bridgehead atoms. The van der Waals surface area contributed by atoms with Gasteiger partial charge in [-0.25, -0.2) is 0 Å². The molecule has 2 rings (SSSR count). The van der Waals surface area contributed by atoms with E-state index in [2.05, 4.69) is 4.90 Å². The monoisotopic (exact) mass is 276 g/mol. The third-order valence-electron chi connectivity index (χ3n) is 2.94. The van der Waals surface area contributed by atoms with Gasteiger partial charge < -0.3 is 10.8 Å². The molecule has 0 atom stereocenters. The van der Waals surface area contributed by atoms with Gasteiger partial charge in [0, 0.05) is 18.1 Å². The van der Waals surface area contributed by atoms with Gasteiger partial charge >= 0.3 is 0 Å². The van der Waals surface area contributed by atoms with E-state index in [-0.39, 0.29) is 5.75 Å². The Kier molecular flexibility index (Phi) is 4.30. The van der Waals surface area contributed by atoms with Crippen molar-refractivity contribution >= 4 is 17.3 Å². The minimum absolute atomic E-state index is 0.123. The van der Waals surface area contributed by atoms with Gasteiger partial charge in [0.25, 0.3) is 0 Å². The molecule has 0 spiro atoms. The number of hydrogen-bond donors (Lipinski definition) is 2. The third-order valence-corrected chi connectivity index (χ3v) is 3.31. The minimum atomic E-state index is 0.123. The summed E-state index contributed by atoms with van der Waals surface area (Å²) in [5, 5.41) is 10.2. The number of nitrogens with two attached hydrogens (primary N) is 1. The highest BCUT2D eigenvalue weighted by atomic mass is 35.5. The van der Waals surface area contributed by atoms with Crippen LogP contribution in [-0.4, -0.2) is 17.1 Å². The molecule has 3 nitrogen and oxygen atoms in total. The zero-order valence-corrected chi connectivity index (χ0v) is 11.6. The second-order valence-electron chi connectivity index (χ2n) is 4.66. The van der Waals surface area contributed by atoms with E-state index in [0.29, 0.717) is 5.69 Å². The van der Waals surface area contributed by atoms with Crippen LogP contribution in [0, 0.1) is 0 Å². The normalized spacial score (nSPS) is 10.9. The number of hydrogen-bond acceptors (Lipinski definition) is 3. The second-order valence-corrected chi connectivity index (χ2v) is 5.06. The molecule has 0 unspecified atom stereocenters. The van der Waals surface area contributed by atoms with Crippen LogP contribution < -0.4 is 5.73 Å². The van der Waals surface area contributed by atoms with E-state index in [4.69, 9.17) is 17.3 Å². The number of anilines is 1. The lowest BCUT2D eigenvalue weighted by Crippen LogP contribution is -2.17. The molecular formula is C15H17ClN2O. The Morgan fingerprint density at radius 2 is 1.89 bits per heavy atom. The van der Waals surface area contributed by atoms with Crippen LogP contribution >= 0.6 is 11.6 Å². The number of rotatable bonds is 4. The van der Waals surface area contributed by atoms with Crippen molar-refractivity contribution in [3.63, 3.8) is 0 Å². The van der Waals surface area contributed by atoms with Gasteiger partial charge in [-0.05, 0) is 36.4 Å². The Bertz CT molecular complexity index is 572. The maximum atomic E-state index is 9.39. The van der Waals surface area contributed by atoms with Crippen molar-refractivity contribution in [3.05, 3.63) is 58.6 Å². The average molecular weight is 277 g/mol. The van der Waals surface area contributed by atoms with Crippen LogP contribution in [0.5, 0.6) is 5.75 Å². The molecule has 3 N–H and O–H groups in total. The quantitative estimate of drug-likeness (QED) is 0.666. The Labute approximate surface area is 118 Å². The van der Waals surface area contributed by atoms with Crippen LogP contribution in [0.15, 0.2) is 42.5 Å². The zero-order chi connectivity index (χ0) is 13.8. The maximum Gasteiger partial charge on any atom is 0.138 e. The van der Waals surface area contributed by atoms with Gasteiger partial charge in [-0.2, -0.15) is 0 Å². The highest BCUT2D eigenvalue weighted by Gasteiger charge is 2.06. The summed E-state index contributed by atoms with van der Waals surface area (Å²) in [6.45, 7) is 1.51. The van der Waals surface area contributed by atoms with Gasteiger partial charge in [0.1, 0.15) is 5.75 Å². The first-order chi connectivity index (χ1) is 9.06. The molecule has 0 aliphatic rings. The van der Waals surface area contributed by atoms with Crippen molar-refractivity contribution in [2.75, 3.05) is 12.8 Å². The average Bonchev–Trinajstić information content (AvgIpc) is 2.37. The molecule has 100 valence electrons. The van der Waals surface area contributed by atoms with E-state index in [1.165, 1.54) is 0 Å². The Morgan fingerprint density at radius 3 is 2.58 bits per heavy atom. The van der Waals surface area contributed by atoms with Crippen LogP contribution in [0.2, 0.25) is 5.02 Å². The summed E-state index contributed by atoms with van der Waals surface area (Å²) >= 11 is 6.14. The van der Waals surface area contributed by atoms with Crippen LogP contribution in [0.3, 0.4) is 0 Å². The van der Waals surface area contributed by atoms with Crippen LogP contribution in [-0.2, 0) is 13.1 Å². The topological polar surface area (TPSA) is 49.5 Å². The lowest BCUT2D eigenvalue weighted by molar-refractivity contribution is 0.319. The molecule has 19 heavy (non-hydrogen) atoms. The fourth-order valence-corrected chi connectivity index (χ4v) is 2.18. The number of nitrogen functional groups attached to an aromatic ring is 1. The van der Waals surface area contributed by atoms with Gasteiger partial charge in [0.2, 0.25) is 0 Å². The maximum absolute atomic E-state index is 9.39. The van der Waals surface area contributed by atoms with Crippen molar-refractivity contribution in [1.29, 1.82) is 0 Å². The predicted molar refractivity (Wildman–Crippen MR) is 79.1 cm³/mol. The first-order valence-electron chi connectivity index (χ1n) is 6.05. The largest absolute Gasteiger partial charge is 0.506 e.